The lowest BCUT2D eigenvalue weighted by Gasteiger charge is -2.20. The molecule has 2 N–H and O–H groups in total. The zero-order chi connectivity index (χ0) is 28.1. The van der Waals surface area contributed by atoms with Crippen LogP contribution in [0.5, 0.6) is 5.75 Å². The lowest BCUT2D eigenvalue weighted by atomic mass is 10.1. The Balaban J connectivity index is 1.94. The van der Waals surface area contributed by atoms with Gasteiger partial charge in [0.2, 0.25) is 15.9 Å². The predicted molar refractivity (Wildman–Crippen MR) is 127 cm³/mol. The summed E-state index contributed by atoms with van der Waals surface area (Å²) in [5, 5.41) is 2.00. The fraction of sp³-hybridized carbons (Fsp3) is 0.240. The highest BCUT2D eigenvalue weighted by Crippen LogP contribution is 2.37. The minimum atomic E-state index is -5.13. The van der Waals surface area contributed by atoms with E-state index in [1.807, 2.05) is 5.32 Å². The Morgan fingerprint density at radius 2 is 1.42 bits per heavy atom. The number of halogens is 6. The first-order chi connectivity index (χ1) is 17.7. The summed E-state index contributed by atoms with van der Waals surface area (Å²) >= 11 is 0. The Kier molecular flexibility index (Phi) is 8.72. The number of alkyl halides is 6. The highest BCUT2D eigenvalue weighted by molar-refractivity contribution is 7.89. The van der Waals surface area contributed by atoms with Gasteiger partial charge in [-0.25, -0.2) is 8.42 Å². The molecule has 3 aromatic rings. The number of benzene rings is 3. The van der Waals surface area contributed by atoms with E-state index in [0.29, 0.717) is 30.1 Å². The third kappa shape index (κ3) is 7.71. The van der Waals surface area contributed by atoms with E-state index in [2.05, 4.69) is 4.72 Å². The minimum Gasteiger partial charge on any atom is -0.494 e. The summed E-state index contributed by atoms with van der Waals surface area (Å²) in [6.07, 6.45) is -10.5. The molecule has 3 rings (SSSR count). The first kappa shape index (κ1) is 29.0. The van der Waals surface area contributed by atoms with Crippen LogP contribution in [0, 0.1) is 0 Å². The van der Waals surface area contributed by atoms with Gasteiger partial charge in [0.05, 0.1) is 22.6 Å². The smallest absolute Gasteiger partial charge is 0.416 e. The molecule has 0 spiro atoms. The van der Waals surface area contributed by atoms with Crippen molar-refractivity contribution in [2.45, 2.75) is 36.6 Å². The number of ether oxygens (including phenoxy) is 1. The van der Waals surface area contributed by atoms with E-state index < -0.39 is 51.1 Å². The van der Waals surface area contributed by atoms with E-state index in [9.17, 15) is 39.6 Å². The standard InChI is InChI=1S/C25H22F6N2O4S/c1-2-37-20-8-10-21(11-9-20)38(35,36)33-22(12-16-6-4-3-5-7-16)23(34)32-19-14-17(24(26,27)28)13-18(15-19)25(29,30)31/h3-11,13-15,22,33H,2,12H2,1H3,(H,32,34). The Hall–Kier alpha value is -3.58. The number of sulfonamides is 1. The average Bonchev–Trinajstić information content (AvgIpc) is 2.83. The molecule has 0 fully saturated rings. The normalized spacial score (nSPS) is 13.1. The molecule has 0 saturated carbocycles. The fourth-order valence-corrected chi connectivity index (χ4v) is 4.63. The maximum absolute atomic E-state index is 13.2. The summed E-state index contributed by atoms with van der Waals surface area (Å²) in [7, 11) is -4.34. The summed E-state index contributed by atoms with van der Waals surface area (Å²) in [6, 6.07) is 12.3. The molecule has 0 saturated heterocycles. The van der Waals surface area contributed by atoms with Crippen molar-refractivity contribution in [1.29, 1.82) is 0 Å². The highest BCUT2D eigenvalue weighted by atomic mass is 32.2. The van der Waals surface area contributed by atoms with Crippen LogP contribution in [0.15, 0.2) is 77.7 Å². The molecule has 1 unspecified atom stereocenters. The van der Waals surface area contributed by atoms with Crippen LogP contribution in [0.2, 0.25) is 0 Å². The van der Waals surface area contributed by atoms with Crippen molar-refractivity contribution in [2.24, 2.45) is 0 Å². The molecule has 0 aliphatic rings. The number of amides is 1. The second-order valence-electron chi connectivity index (χ2n) is 8.05. The minimum absolute atomic E-state index is 0.0776. The highest BCUT2D eigenvalue weighted by Gasteiger charge is 2.37. The lowest BCUT2D eigenvalue weighted by molar-refractivity contribution is -0.143. The molecule has 6 nitrogen and oxygen atoms in total. The Morgan fingerprint density at radius 1 is 0.868 bits per heavy atom. The van der Waals surface area contributed by atoms with E-state index in [-0.39, 0.29) is 17.4 Å². The van der Waals surface area contributed by atoms with Crippen LogP contribution >= 0.6 is 0 Å². The van der Waals surface area contributed by atoms with Crippen LogP contribution < -0.4 is 14.8 Å². The molecule has 0 aromatic heterocycles. The zero-order valence-electron chi connectivity index (χ0n) is 19.7. The van der Waals surface area contributed by atoms with Gasteiger partial charge >= 0.3 is 12.4 Å². The summed E-state index contributed by atoms with van der Waals surface area (Å²) in [4.78, 5) is 12.8. The van der Waals surface area contributed by atoms with Crippen molar-refractivity contribution in [3.05, 3.63) is 89.5 Å². The Labute approximate surface area is 214 Å². The molecule has 0 aliphatic heterocycles. The molecule has 13 heteroatoms. The van der Waals surface area contributed by atoms with Gasteiger partial charge in [0.25, 0.3) is 0 Å². The monoisotopic (exact) mass is 560 g/mol. The van der Waals surface area contributed by atoms with Gasteiger partial charge in [-0.3, -0.25) is 4.79 Å². The van der Waals surface area contributed by atoms with Crippen molar-refractivity contribution < 1.29 is 44.3 Å². The molecule has 38 heavy (non-hydrogen) atoms. The topological polar surface area (TPSA) is 84.5 Å². The maximum atomic E-state index is 13.2. The van der Waals surface area contributed by atoms with Gasteiger partial charge in [0.15, 0.2) is 0 Å². The molecule has 3 aromatic carbocycles. The van der Waals surface area contributed by atoms with Crippen molar-refractivity contribution in [1.82, 2.24) is 4.72 Å². The molecular weight excluding hydrogens is 538 g/mol. The summed E-state index contributed by atoms with van der Waals surface area (Å²) in [6.45, 7) is 2.08. The first-order valence-electron chi connectivity index (χ1n) is 11.1. The molecule has 1 amide bonds. The molecule has 0 radical (unpaired) electrons. The van der Waals surface area contributed by atoms with E-state index >= 15 is 0 Å². The second-order valence-corrected chi connectivity index (χ2v) is 9.77. The summed E-state index contributed by atoms with van der Waals surface area (Å²) < 4.78 is 113. The predicted octanol–water partition coefficient (Wildman–Crippen LogP) is 5.65. The number of carbonyl (C=O) groups excluding carboxylic acids is 1. The Morgan fingerprint density at radius 3 is 1.92 bits per heavy atom. The quantitative estimate of drug-likeness (QED) is 0.332. The third-order valence-electron chi connectivity index (χ3n) is 5.20. The van der Waals surface area contributed by atoms with Gasteiger partial charge in [0, 0.05) is 5.69 Å². The average molecular weight is 561 g/mol. The van der Waals surface area contributed by atoms with E-state index in [4.69, 9.17) is 4.74 Å². The third-order valence-corrected chi connectivity index (χ3v) is 6.68. The van der Waals surface area contributed by atoms with E-state index in [1.165, 1.54) is 24.3 Å². The van der Waals surface area contributed by atoms with E-state index in [1.54, 1.807) is 37.3 Å². The number of carbonyl (C=O) groups is 1. The van der Waals surface area contributed by atoms with Gasteiger partial charge < -0.3 is 10.1 Å². The van der Waals surface area contributed by atoms with Crippen LogP contribution in [0.4, 0.5) is 32.0 Å². The van der Waals surface area contributed by atoms with Crippen molar-refractivity contribution in [2.75, 3.05) is 11.9 Å². The van der Waals surface area contributed by atoms with Crippen LogP contribution in [0.3, 0.4) is 0 Å². The van der Waals surface area contributed by atoms with Gasteiger partial charge in [-0.05, 0) is 61.4 Å². The number of hydrogen-bond donors (Lipinski definition) is 2. The molecule has 0 bridgehead atoms. The second kappa shape index (κ2) is 11.4. The largest absolute Gasteiger partial charge is 0.494 e. The maximum Gasteiger partial charge on any atom is 0.416 e. The van der Waals surface area contributed by atoms with E-state index in [0.717, 1.165) is 0 Å². The number of anilines is 1. The number of nitrogens with one attached hydrogen (secondary N) is 2. The van der Waals surface area contributed by atoms with Crippen molar-refractivity contribution in [3.63, 3.8) is 0 Å². The summed E-state index contributed by atoms with van der Waals surface area (Å²) in [5.41, 5.74) is -3.56. The molecular formula is C25H22F6N2O4S. The van der Waals surface area contributed by atoms with Gasteiger partial charge in [-0.1, -0.05) is 30.3 Å². The van der Waals surface area contributed by atoms with Gasteiger partial charge in [-0.15, -0.1) is 0 Å². The van der Waals surface area contributed by atoms with Crippen molar-refractivity contribution in [3.8, 4) is 5.75 Å². The Bertz CT molecular complexity index is 1330. The molecule has 1 atom stereocenters. The number of rotatable bonds is 9. The van der Waals surface area contributed by atoms with Crippen LogP contribution in [-0.4, -0.2) is 27.0 Å². The zero-order valence-corrected chi connectivity index (χ0v) is 20.5. The molecule has 204 valence electrons. The molecule has 0 heterocycles. The number of hydrogen-bond acceptors (Lipinski definition) is 4. The van der Waals surface area contributed by atoms with Gasteiger partial charge in [0.1, 0.15) is 11.8 Å². The van der Waals surface area contributed by atoms with Crippen LogP contribution in [-0.2, 0) is 33.6 Å². The van der Waals surface area contributed by atoms with Crippen LogP contribution in [0.25, 0.3) is 0 Å². The van der Waals surface area contributed by atoms with Crippen LogP contribution in [0.1, 0.15) is 23.6 Å². The van der Waals surface area contributed by atoms with Crippen molar-refractivity contribution >= 4 is 21.6 Å². The molecule has 0 aliphatic carbocycles. The van der Waals surface area contributed by atoms with Gasteiger partial charge in [-0.2, -0.15) is 31.1 Å². The summed E-state index contributed by atoms with van der Waals surface area (Å²) in [5.74, 6) is -0.758. The SMILES string of the molecule is CCOc1ccc(S(=O)(=O)NC(Cc2ccccc2)C(=O)Nc2cc(C(F)(F)F)cc(C(F)(F)F)c2)cc1. The first-order valence-corrected chi connectivity index (χ1v) is 12.6. The fourth-order valence-electron chi connectivity index (χ4n) is 3.43. The lowest BCUT2D eigenvalue weighted by Crippen LogP contribution is -2.45.